The minimum absolute atomic E-state index is 0. The van der Waals surface area contributed by atoms with Crippen LogP contribution in [0.1, 0.15) is 37.4 Å². The Labute approximate surface area is 152 Å². The molecule has 24 heavy (non-hydrogen) atoms. The van der Waals surface area contributed by atoms with Crippen LogP contribution in [0.2, 0.25) is 0 Å². The molecule has 1 N–H and O–H groups in total. The predicted octanol–water partition coefficient (Wildman–Crippen LogP) is 4.68. The molecule has 1 aromatic carbocycles. The van der Waals surface area contributed by atoms with Crippen molar-refractivity contribution in [3.8, 4) is 0 Å². The van der Waals surface area contributed by atoms with Crippen molar-refractivity contribution in [2.75, 3.05) is 26.2 Å². The lowest BCUT2D eigenvalue weighted by molar-refractivity contribution is -0.139. The van der Waals surface area contributed by atoms with Crippen molar-refractivity contribution >= 4 is 24.8 Å². The average Bonchev–Trinajstić information content (AvgIpc) is 2.47. The van der Waals surface area contributed by atoms with E-state index >= 15 is 0 Å². The molecule has 1 aromatic rings. The van der Waals surface area contributed by atoms with Gasteiger partial charge in [0.2, 0.25) is 0 Å². The van der Waals surface area contributed by atoms with Crippen LogP contribution in [0.5, 0.6) is 0 Å². The summed E-state index contributed by atoms with van der Waals surface area (Å²) in [6.45, 7) is 6.70. The van der Waals surface area contributed by atoms with Crippen molar-refractivity contribution in [2.24, 2.45) is 5.92 Å². The zero-order chi connectivity index (χ0) is 16.3. The molecule has 1 heterocycles. The van der Waals surface area contributed by atoms with E-state index in [0.29, 0.717) is 13.1 Å². The van der Waals surface area contributed by atoms with Crippen molar-refractivity contribution in [2.45, 2.75) is 32.5 Å². The number of hydrogen-bond acceptors (Lipinski definition) is 2. The summed E-state index contributed by atoms with van der Waals surface area (Å²) in [6.07, 6.45) is -3.73. The summed E-state index contributed by atoms with van der Waals surface area (Å²) < 4.78 is 53.6. The first kappa shape index (κ1) is 23.4. The van der Waals surface area contributed by atoms with Gasteiger partial charge >= 0.3 is 6.18 Å². The van der Waals surface area contributed by atoms with E-state index in [1.807, 2.05) is 18.7 Å². The lowest BCUT2D eigenvalue weighted by Gasteiger charge is -2.39. The molecule has 2 atom stereocenters. The van der Waals surface area contributed by atoms with Crippen LogP contribution in [-0.2, 0) is 6.18 Å². The summed E-state index contributed by atoms with van der Waals surface area (Å²) >= 11 is 0. The molecule has 8 heteroatoms. The Morgan fingerprint density at radius 3 is 2.25 bits per heavy atom. The van der Waals surface area contributed by atoms with E-state index in [1.165, 1.54) is 0 Å². The minimum Gasteiger partial charge on any atom is -0.314 e. The van der Waals surface area contributed by atoms with E-state index in [4.69, 9.17) is 0 Å². The third kappa shape index (κ3) is 5.48. The van der Waals surface area contributed by atoms with Crippen LogP contribution in [0.25, 0.3) is 0 Å². The maximum absolute atomic E-state index is 13.6. The van der Waals surface area contributed by atoms with E-state index in [1.54, 1.807) is 0 Å². The lowest BCUT2D eigenvalue weighted by Crippen LogP contribution is -2.47. The SMILES string of the molecule is CCC(C)[C@@H](c1cc(F)ccc1C(F)(F)F)N1CCNCC1.Cl.Cl. The quantitative estimate of drug-likeness (QED) is 0.750. The van der Waals surface area contributed by atoms with Gasteiger partial charge in [0.15, 0.2) is 0 Å². The standard InChI is InChI=1S/C16H22F4N2.2ClH/c1-3-11(2)15(22-8-6-21-7-9-22)13-10-12(17)4-5-14(13)16(18,19)20;;/h4-5,10-11,15,21H,3,6-9H2,1-2H3;2*1H/t11?,15-;;/m0../s1. The Bertz CT molecular complexity index is 505. The number of alkyl halides is 3. The molecule has 1 unspecified atom stereocenters. The second kappa shape index (κ2) is 9.80. The molecule has 0 bridgehead atoms. The van der Waals surface area contributed by atoms with Gasteiger partial charge in [-0.2, -0.15) is 13.2 Å². The maximum atomic E-state index is 13.6. The molecule has 1 saturated heterocycles. The van der Waals surface area contributed by atoms with E-state index in [0.717, 1.165) is 37.7 Å². The molecule has 1 fully saturated rings. The van der Waals surface area contributed by atoms with Crippen LogP contribution >= 0.6 is 24.8 Å². The second-order valence-electron chi connectivity index (χ2n) is 5.85. The van der Waals surface area contributed by atoms with E-state index in [-0.39, 0.29) is 36.3 Å². The highest BCUT2D eigenvalue weighted by Crippen LogP contribution is 2.40. The topological polar surface area (TPSA) is 15.3 Å². The van der Waals surface area contributed by atoms with Crippen LogP contribution < -0.4 is 5.32 Å². The van der Waals surface area contributed by atoms with E-state index in [9.17, 15) is 17.6 Å². The Kier molecular flexibility index (Phi) is 9.57. The molecule has 2 nitrogen and oxygen atoms in total. The molecule has 0 radical (unpaired) electrons. The van der Waals surface area contributed by atoms with Gasteiger partial charge in [-0.3, -0.25) is 4.90 Å². The molecule has 0 aliphatic carbocycles. The Morgan fingerprint density at radius 2 is 1.75 bits per heavy atom. The monoisotopic (exact) mass is 390 g/mol. The normalized spacial score (nSPS) is 18.2. The molecular weight excluding hydrogens is 367 g/mol. The maximum Gasteiger partial charge on any atom is 0.416 e. The van der Waals surface area contributed by atoms with E-state index < -0.39 is 23.6 Å². The predicted molar refractivity (Wildman–Crippen MR) is 92.5 cm³/mol. The first-order chi connectivity index (χ1) is 10.3. The van der Waals surface area contributed by atoms with Crippen molar-refractivity contribution in [1.82, 2.24) is 10.2 Å². The van der Waals surface area contributed by atoms with Gasteiger partial charge in [0.1, 0.15) is 5.82 Å². The van der Waals surface area contributed by atoms with Crippen LogP contribution in [0.4, 0.5) is 17.6 Å². The summed E-state index contributed by atoms with van der Waals surface area (Å²) in [5, 5.41) is 3.20. The van der Waals surface area contributed by atoms with Crippen LogP contribution in [0.3, 0.4) is 0 Å². The van der Waals surface area contributed by atoms with Crippen LogP contribution in [0, 0.1) is 11.7 Å². The molecular formula is C16H24Cl2F4N2. The Morgan fingerprint density at radius 1 is 1.17 bits per heavy atom. The second-order valence-corrected chi connectivity index (χ2v) is 5.85. The summed E-state index contributed by atoms with van der Waals surface area (Å²) in [6, 6.07) is 2.39. The number of hydrogen-bond donors (Lipinski definition) is 1. The zero-order valence-electron chi connectivity index (χ0n) is 13.7. The van der Waals surface area contributed by atoms with Crippen molar-refractivity contribution in [3.63, 3.8) is 0 Å². The molecule has 0 saturated carbocycles. The van der Waals surface area contributed by atoms with Gasteiger partial charge < -0.3 is 5.32 Å². The summed E-state index contributed by atoms with van der Waals surface area (Å²) in [7, 11) is 0. The fourth-order valence-corrected chi connectivity index (χ4v) is 3.08. The van der Waals surface area contributed by atoms with Gasteiger partial charge in [0.25, 0.3) is 0 Å². The number of halogens is 6. The highest BCUT2D eigenvalue weighted by atomic mass is 35.5. The molecule has 0 amide bonds. The summed E-state index contributed by atoms with van der Waals surface area (Å²) in [4.78, 5) is 2.04. The summed E-state index contributed by atoms with van der Waals surface area (Å²) in [5.74, 6) is -0.604. The average molecular weight is 391 g/mol. The number of benzene rings is 1. The first-order valence-corrected chi connectivity index (χ1v) is 7.66. The molecule has 1 aliphatic rings. The molecule has 1 aliphatic heterocycles. The van der Waals surface area contributed by atoms with Crippen molar-refractivity contribution in [1.29, 1.82) is 0 Å². The number of piperazine rings is 1. The largest absolute Gasteiger partial charge is 0.416 e. The lowest BCUT2D eigenvalue weighted by atomic mass is 9.87. The fraction of sp³-hybridized carbons (Fsp3) is 0.625. The molecule has 2 rings (SSSR count). The number of rotatable bonds is 4. The highest BCUT2D eigenvalue weighted by Gasteiger charge is 2.38. The van der Waals surface area contributed by atoms with Gasteiger partial charge in [-0.1, -0.05) is 20.3 Å². The third-order valence-corrected chi connectivity index (χ3v) is 4.37. The molecule has 0 spiro atoms. The third-order valence-electron chi connectivity index (χ3n) is 4.37. The highest BCUT2D eigenvalue weighted by molar-refractivity contribution is 5.85. The fourth-order valence-electron chi connectivity index (χ4n) is 3.08. The van der Waals surface area contributed by atoms with Gasteiger partial charge in [0.05, 0.1) is 5.56 Å². The number of nitrogens with zero attached hydrogens (tertiary/aromatic N) is 1. The van der Waals surface area contributed by atoms with Crippen LogP contribution in [0.15, 0.2) is 18.2 Å². The summed E-state index contributed by atoms with van der Waals surface area (Å²) in [5.41, 5.74) is -0.665. The van der Waals surface area contributed by atoms with Crippen LogP contribution in [-0.4, -0.2) is 31.1 Å². The Balaban J connectivity index is 0.00000264. The van der Waals surface area contributed by atoms with Gasteiger partial charge in [-0.25, -0.2) is 4.39 Å². The smallest absolute Gasteiger partial charge is 0.314 e. The van der Waals surface area contributed by atoms with Gasteiger partial charge in [0, 0.05) is 32.2 Å². The zero-order valence-corrected chi connectivity index (χ0v) is 15.3. The van der Waals surface area contributed by atoms with Gasteiger partial charge in [-0.15, -0.1) is 24.8 Å². The number of nitrogens with one attached hydrogen (secondary N) is 1. The molecule has 140 valence electrons. The van der Waals surface area contributed by atoms with Gasteiger partial charge in [-0.05, 0) is 29.7 Å². The molecule has 0 aromatic heterocycles. The van der Waals surface area contributed by atoms with Crippen molar-refractivity contribution < 1.29 is 17.6 Å². The van der Waals surface area contributed by atoms with E-state index in [2.05, 4.69) is 5.32 Å². The Hall–Kier alpha value is -0.560. The van der Waals surface area contributed by atoms with Crippen molar-refractivity contribution in [3.05, 3.63) is 35.1 Å². The first-order valence-electron chi connectivity index (χ1n) is 7.66. The minimum atomic E-state index is -4.47.